The fourth-order valence-electron chi connectivity index (χ4n) is 2.36. The van der Waals surface area contributed by atoms with E-state index >= 15 is 0 Å². The molecule has 0 spiro atoms. The standard InChI is InChI=1S/2C9H18O2.Co/c2*1-3-5-7-8(6-4-2)9(10)11;/h2*8H,3-7H2,1-2H3,(H,10,11);/q;;+2/p-2. The summed E-state index contributed by atoms with van der Waals surface area (Å²) in [7, 11) is 0. The number of hydrogen-bond donors (Lipinski definition) is 0. The SMILES string of the molecule is CCCCC(CCC)C(=O)[O-].CCCCC(CCC)C(=O)[O-].[Co+2]. The zero-order chi connectivity index (χ0) is 17.4. The average molecular weight is 373 g/mol. The normalized spacial score (nSPS) is 12.3. The molecule has 2 unspecified atom stereocenters. The van der Waals surface area contributed by atoms with Crippen molar-refractivity contribution in [1.29, 1.82) is 0 Å². The van der Waals surface area contributed by atoms with Crippen molar-refractivity contribution < 1.29 is 36.6 Å². The van der Waals surface area contributed by atoms with Crippen LogP contribution in [0.25, 0.3) is 0 Å². The minimum atomic E-state index is -0.875. The van der Waals surface area contributed by atoms with Gasteiger partial charge in [0.05, 0.1) is 0 Å². The summed E-state index contributed by atoms with van der Waals surface area (Å²) in [6.07, 6.45) is 9.09. The number of carboxylic acid groups (broad SMARTS) is 2. The van der Waals surface area contributed by atoms with Crippen LogP contribution in [0.3, 0.4) is 0 Å². The Labute approximate surface area is 152 Å². The summed E-state index contributed by atoms with van der Waals surface area (Å²) in [6, 6.07) is 0. The Morgan fingerprint density at radius 1 is 0.652 bits per heavy atom. The third-order valence-corrected chi connectivity index (χ3v) is 3.75. The number of carbonyl (C=O) groups excluding carboxylic acids is 2. The topological polar surface area (TPSA) is 80.3 Å². The van der Waals surface area contributed by atoms with Crippen molar-refractivity contribution >= 4 is 11.9 Å². The third-order valence-electron chi connectivity index (χ3n) is 3.75. The van der Waals surface area contributed by atoms with E-state index in [1.54, 1.807) is 0 Å². The largest absolute Gasteiger partial charge is 2.00 e. The van der Waals surface area contributed by atoms with E-state index < -0.39 is 11.9 Å². The average Bonchev–Trinajstić information content (AvgIpc) is 2.48. The molecule has 0 rings (SSSR count). The van der Waals surface area contributed by atoms with Crippen LogP contribution in [0.4, 0.5) is 0 Å². The van der Waals surface area contributed by atoms with E-state index in [-0.39, 0.29) is 28.6 Å². The summed E-state index contributed by atoms with van der Waals surface area (Å²) in [5.41, 5.74) is 0. The predicted molar refractivity (Wildman–Crippen MR) is 85.9 cm³/mol. The second-order valence-electron chi connectivity index (χ2n) is 5.89. The Kier molecular flexibility index (Phi) is 23.1. The van der Waals surface area contributed by atoms with Gasteiger partial charge in [-0.25, -0.2) is 0 Å². The fourth-order valence-corrected chi connectivity index (χ4v) is 2.36. The van der Waals surface area contributed by atoms with Gasteiger partial charge in [-0.3, -0.25) is 0 Å². The molecule has 5 heteroatoms. The fraction of sp³-hybridized carbons (Fsp3) is 0.889. The Bertz CT molecular complexity index is 254. The van der Waals surface area contributed by atoms with Gasteiger partial charge in [0.2, 0.25) is 0 Å². The van der Waals surface area contributed by atoms with E-state index in [2.05, 4.69) is 13.8 Å². The zero-order valence-corrected chi connectivity index (χ0v) is 16.2. The molecule has 0 amide bonds. The second-order valence-corrected chi connectivity index (χ2v) is 5.89. The maximum absolute atomic E-state index is 10.5. The molecule has 0 aliphatic heterocycles. The molecule has 0 N–H and O–H groups in total. The Balaban J connectivity index is -0.000000333. The van der Waals surface area contributed by atoms with E-state index in [9.17, 15) is 19.8 Å². The quantitative estimate of drug-likeness (QED) is 0.527. The number of aliphatic carboxylic acids is 2. The van der Waals surface area contributed by atoms with Gasteiger partial charge in [-0.05, 0) is 37.5 Å². The molecule has 0 aliphatic carbocycles. The first kappa shape index (κ1) is 27.3. The Hall–Kier alpha value is -0.554. The molecule has 23 heavy (non-hydrogen) atoms. The van der Waals surface area contributed by atoms with Gasteiger partial charge in [0, 0.05) is 11.9 Å². The molecule has 0 saturated heterocycles. The molecule has 0 fully saturated rings. The predicted octanol–water partition coefficient (Wildman–Crippen LogP) is 2.68. The van der Waals surface area contributed by atoms with Gasteiger partial charge in [-0.1, -0.05) is 66.2 Å². The van der Waals surface area contributed by atoms with Crippen molar-refractivity contribution in [2.75, 3.05) is 0 Å². The molecule has 0 saturated carbocycles. The van der Waals surface area contributed by atoms with Crippen molar-refractivity contribution in [3.8, 4) is 0 Å². The van der Waals surface area contributed by atoms with Gasteiger partial charge < -0.3 is 19.8 Å². The molecule has 0 aromatic rings. The number of hydrogen-bond acceptors (Lipinski definition) is 4. The monoisotopic (exact) mass is 373 g/mol. The van der Waals surface area contributed by atoms with Crippen molar-refractivity contribution in [3.63, 3.8) is 0 Å². The van der Waals surface area contributed by atoms with Crippen molar-refractivity contribution in [1.82, 2.24) is 0 Å². The maximum Gasteiger partial charge on any atom is 2.00 e. The van der Waals surface area contributed by atoms with Gasteiger partial charge in [0.1, 0.15) is 0 Å². The zero-order valence-electron chi connectivity index (χ0n) is 15.2. The van der Waals surface area contributed by atoms with Crippen LogP contribution in [-0.4, -0.2) is 11.9 Å². The van der Waals surface area contributed by atoms with Gasteiger partial charge in [0.15, 0.2) is 0 Å². The first-order valence-electron chi connectivity index (χ1n) is 8.86. The number of unbranched alkanes of at least 4 members (excludes halogenated alkanes) is 2. The Morgan fingerprint density at radius 3 is 1.13 bits per heavy atom. The molecule has 0 heterocycles. The van der Waals surface area contributed by atoms with Gasteiger partial charge >= 0.3 is 16.8 Å². The minimum Gasteiger partial charge on any atom is -0.550 e. The summed E-state index contributed by atoms with van der Waals surface area (Å²) in [5, 5.41) is 21.0. The number of carbonyl (C=O) groups is 2. The van der Waals surface area contributed by atoms with Crippen molar-refractivity contribution in [3.05, 3.63) is 0 Å². The molecule has 1 radical (unpaired) electrons. The molecule has 139 valence electrons. The molecular formula is C18H34CoO4. The van der Waals surface area contributed by atoms with E-state index in [0.717, 1.165) is 64.2 Å². The van der Waals surface area contributed by atoms with Crippen molar-refractivity contribution in [2.24, 2.45) is 11.8 Å². The van der Waals surface area contributed by atoms with Crippen LogP contribution in [0.5, 0.6) is 0 Å². The van der Waals surface area contributed by atoms with Crippen LogP contribution in [-0.2, 0) is 26.4 Å². The van der Waals surface area contributed by atoms with Crippen LogP contribution in [0.15, 0.2) is 0 Å². The molecule has 0 aliphatic rings. The molecule has 0 bridgehead atoms. The van der Waals surface area contributed by atoms with E-state index in [1.165, 1.54) is 0 Å². The summed E-state index contributed by atoms with van der Waals surface area (Å²) < 4.78 is 0. The van der Waals surface area contributed by atoms with E-state index in [0.29, 0.717) is 0 Å². The van der Waals surface area contributed by atoms with Crippen LogP contribution in [0.1, 0.15) is 91.9 Å². The molecule has 0 aromatic carbocycles. The van der Waals surface area contributed by atoms with Gasteiger partial charge in [0.25, 0.3) is 0 Å². The van der Waals surface area contributed by atoms with Crippen LogP contribution < -0.4 is 10.2 Å². The molecule has 4 nitrogen and oxygen atoms in total. The minimum absolute atomic E-state index is 0. The van der Waals surface area contributed by atoms with Gasteiger partial charge in [-0.15, -0.1) is 0 Å². The van der Waals surface area contributed by atoms with Crippen LogP contribution in [0.2, 0.25) is 0 Å². The summed E-state index contributed by atoms with van der Waals surface area (Å²) in [4.78, 5) is 21.0. The van der Waals surface area contributed by atoms with Crippen LogP contribution in [0, 0.1) is 11.8 Å². The van der Waals surface area contributed by atoms with E-state index in [4.69, 9.17) is 0 Å². The summed E-state index contributed by atoms with van der Waals surface area (Å²) in [5.74, 6) is -2.17. The van der Waals surface area contributed by atoms with E-state index in [1.807, 2.05) is 13.8 Å². The number of carboxylic acids is 2. The first-order chi connectivity index (χ1) is 10.4. The van der Waals surface area contributed by atoms with Gasteiger partial charge in [-0.2, -0.15) is 0 Å². The number of rotatable bonds is 12. The summed E-state index contributed by atoms with van der Waals surface area (Å²) in [6.45, 7) is 8.14. The molecule has 2 atom stereocenters. The smallest absolute Gasteiger partial charge is 0.550 e. The second kappa shape index (κ2) is 19.5. The molecule has 0 aromatic heterocycles. The van der Waals surface area contributed by atoms with Crippen LogP contribution >= 0.6 is 0 Å². The Morgan fingerprint density at radius 2 is 0.957 bits per heavy atom. The summed E-state index contributed by atoms with van der Waals surface area (Å²) >= 11 is 0. The maximum atomic E-state index is 10.5. The molecular weight excluding hydrogens is 339 g/mol. The first-order valence-corrected chi connectivity index (χ1v) is 8.86. The third kappa shape index (κ3) is 17.6. The van der Waals surface area contributed by atoms with Crippen molar-refractivity contribution in [2.45, 2.75) is 91.9 Å².